The fourth-order valence-corrected chi connectivity index (χ4v) is 1.29. The minimum absolute atomic E-state index is 0.0109. The van der Waals surface area contributed by atoms with E-state index in [0.29, 0.717) is 10.6 Å². The van der Waals surface area contributed by atoms with Gasteiger partial charge >= 0.3 is 0 Å². The van der Waals surface area contributed by atoms with Crippen LogP contribution in [0.5, 0.6) is 0 Å². The van der Waals surface area contributed by atoms with Crippen LogP contribution in [0.25, 0.3) is 0 Å². The van der Waals surface area contributed by atoms with Crippen molar-refractivity contribution in [3.8, 4) is 0 Å². The fraction of sp³-hybridized carbons (Fsp3) is 0.250. The number of carbonyl (C=O) groups is 1. The van der Waals surface area contributed by atoms with Gasteiger partial charge in [-0.25, -0.2) is 4.98 Å². The SMILES string of the molecule is COCC(=O)c1cnc(Cl)cc1Cl. The van der Waals surface area contributed by atoms with E-state index < -0.39 is 0 Å². The van der Waals surface area contributed by atoms with Gasteiger partial charge in [0.25, 0.3) is 0 Å². The van der Waals surface area contributed by atoms with Gasteiger partial charge in [0.2, 0.25) is 0 Å². The molecule has 3 nitrogen and oxygen atoms in total. The number of Topliss-reactive ketones (excluding diaryl/α,β-unsaturated/α-hetero) is 1. The third kappa shape index (κ3) is 2.66. The summed E-state index contributed by atoms with van der Waals surface area (Å²) in [5.74, 6) is -0.211. The Morgan fingerprint density at radius 1 is 1.62 bits per heavy atom. The Balaban J connectivity index is 2.95. The van der Waals surface area contributed by atoms with Crippen LogP contribution in [0.15, 0.2) is 12.3 Å². The first-order chi connectivity index (χ1) is 6.15. The third-order valence-electron chi connectivity index (χ3n) is 1.40. The number of ketones is 1. The Labute approximate surface area is 85.6 Å². The van der Waals surface area contributed by atoms with Crippen LogP contribution in [-0.4, -0.2) is 24.5 Å². The summed E-state index contributed by atoms with van der Waals surface area (Å²) in [4.78, 5) is 15.0. The van der Waals surface area contributed by atoms with Crippen LogP contribution in [-0.2, 0) is 4.74 Å². The molecule has 0 amide bonds. The van der Waals surface area contributed by atoms with E-state index in [-0.39, 0.29) is 17.5 Å². The van der Waals surface area contributed by atoms with E-state index in [2.05, 4.69) is 9.72 Å². The second-order valence-corrected chi connectivity index (χ2v) is 3.14. The van der Waals surface area contributed by atoms with E-state index in [4.69, 9.17) is 23.2 Å². The van der Waals surface area contributed by atoms with E-state index in [1.165, 1.54) is 19.4 Å². The summed E-state index contributed by atoms with van der Waals surface area (Å²) < 4.78 is 4.67. The monoisotopic (exact) mass is 219 g/mol. The van der Waals surface area contributed by atoms with Gasteiger partial charge in [-0.2, -0.15) is 0 Å². The normalized spacial score (nSPS) is 10.1. The van der Waals surface area contributed by atoms with E-state index >= 15 is 0 Å². The molecule has 1 aromatic heterocycles. The van der Waals surface area contributed by atoms with Crippen molar-refractivity contribution in [2.24, 2.45) is 0 Å². The lowest BCUT2D eigenvalue weighted by atomic mass is 10.2. The minimum atomic E-state index is -0.211. The summed E-state index contributed by atoms with van der Waals surface area (Å²) in [5, 5.41) is 0.556. The van der Waals surface area contributed by atoms with Crippen molar-refractivity contribution in [1.29, 1.82) is 0 Å². The summed E-state index contributed by atoms with van der Waals surface area (Å²) >= 11 is 11.3. The maximum absolute atomic E-state index is 11.3. The smallest absolute Gasteiger partial charge is 0.191 e. The highest BCUT2D eigenvalue weighted by Gasteiger charge is 2.10. The van der Waals surface area contributed by atoms with Gasteiger partial charge in [-0.15, -0.1) is 0 Å². The third-order valence-corrected chi connectivity index (χ3v) is 1.92. The lowest BCUT2D eigenvalue weighted by molar-refractivity contribution is 0.0848. The average molecular weight is 220 g/mol. The molecule has 0 spiro atoms. The number of carbonyl (C=O) groups excluding carboxylic acids is 1. The van der Waals surface area contributed by atoms with E-state index in [9.17, 15) is 4.79 Å². The van der Waals surface area contributed by atoms with Crippen molar-refractivity contribution >= 4 is 29.0 Å². The van der Waals surface area contributed by atoms with Crippen molar-refractivity contribution in [2.75, 3.05) is 13.7 Å². The molecule has 0 aliphatic heterocycles. The zero-order valence-corrected chi connectivity index (χ0v) is 8.39. The Hall–Kier alpha value is -0.640. The van der Waals surface area contributed by atoms with Crippen LogP contribution in [0.2, 0.25) is 10.2 Å². The van der Waals surface area contributed by atoms with Gasteiger partial charge in [0.05, 0.1) is 10.6 Å². The van der Waals surface area contributed by atoms with Crippen LogP contribution in [0, 0.1) is 0 Å². The molecule has 0 radical (unpaired) electrons. The van der Waals surface area contributed by atoms with Crippen molar-refractivity contribution < 1.29 is 9.53 Å². The Kier molecular flexibility index (Phi) is 3.66. The lowest BCUT2D eigenvalue weighted by Crippen LogP contribution is -2.08. The average Bonchev–Trinajstić information content (AvgIpc) is 2.04. The van der Waals surface area contributed by atoms with E-state index in [1.807, 2.05) is 0 Å². The topological polar surface area (TPSA) is 39.2 Å². The second kappa shape index (κ2) is 4.56. The summed E-state index contributed by atoms with van der Waals surface area (Å²) in [6, 6.07) is 1.42. The Bertz CT molecular complexity index is 328. The Morgan fingerprint density at radius 2 is 2.31 bits per heavy atom. The van der Waals surface area contributed by atoms with Crippen LogP contribution in [0.3, 0.4) is 0 Å². The first kappa shape index (κ1) is 10.4. The molecule has 0 bridgehead atoms. The maximum atomic E-state index is 11.3. The first-order valence-electron chi connectivity index (χ1n) is 3.48. The lowest BCUT2D eigenvalue weighted by Gasteiger charge is -2.01. The molecule has 1 heterocycles. The van der Waals surface area contributed by atoms with Crippen LogP contribution in [0.1, 0.15) is 10.4 Å². The van der Waals surface area contributed by atoms with Crippen LogP contribution in [0.4, 0.5) is 0 Å². The molecule has 0 saturated carbocycles. The number of pyridine rings is 1. The van der Waals surface area contributed by atoms with Gasteiger partial charge in [-0.1, -0.05) is 23.2 Å². The number of halogens is 2. The molecular formula is C8H7Cl2NO2. The summed E-state index contributed by atoms with van der Waals surface area (Å²) in [6.07, 6.45) is 1.34. The molecule has 0 atom stereocenters. The number of aromatic nitrogens is 1. The van der Waals surface area contributed by atoms with Crippen molar-refractivity contribution in [3.63, 3.8) is 0 Å². The van der Waals surface area contributed by atoms with Crippen molar-refractivity contribution in [2.45, 2.75) is 0 Å². The minimum Gasteiger partial charge on any atom is -0.377 e. The molecule has 0 aromatic carbocycles. The van der Waals surface area contributed by atoms with Gasteiger partial charge in [0.1, 0.15) is 11.8 Å². The zero-order chi connectivity index (χ0) is 9.84. The number of ether oxygens (including phenoxy) is 1. The predicted molar refractivity (Wildman–Crippen MR) is 50.5 cm³/mol. The molecule has 0 N–H and O–H groups in total. The molecule has 0 fully saturated rings. The fourth-order valence-electron chi connectivity index (χ4n) is 0.821. The van der Waals surface area contributed by atoms with Gasteiger partial charge in [-0.05, 0) is 6.07 Å². The molecule has 1 aromatic rings. The first-order valence-corrected chi connectivity index (χ1v) is 4.24. The number of nitrogens with zero attached hydrogens (tertiary/aromatic N) is 1. The summed E-state index contributed by atoms with van der Waals surface area (Å²) in [5.41, 5.74) is 0.327. The standard InChI is InChI=1S/C8H7Cl2NO2/c1-13-4-7(12)5-3-11-8(10)2-6(5)9/h2-3H,4H2,1H3. The Morgan fingerprint density at radius 3 is 2.85 bits per heavy atom. The molecular weight excluding hydrogens is 213 g/mol. The molecule has 70 valence electrons. The van der Waals surface area contributed by atoms with E-state index in [1.54, 1.807) is 0 Å². The summed E-state index contributed by atoms with van der Waals surface area (Å²) in [6.45, 7) is -0.0109. The number of rotatable bonds is 3. The number of methoxy groups -OCH3 is 1. The maximum Gasteiger partial charge on any atom is 0.191 e. The molecule has 0 unspecified atom stereocenters. The highest BCUT2D eigenvalue weighted by molar-refractivity contribution is 6.36. The molecule has 0 saturated heterocycles. The number of hydrogen-bond donors (Lipinski definition) is 0. The van der Waals surface area contributed by atoms with Gasteiger partial charge in [-0.3, -0.25) is 4.79 Å². The predicted octanol–water partition coefficient (Wildman–Crippen LogP) is 2.22. The highest BCUT2D eigenvalue weighted by atomic mass is 35.5. The highest BCUT2D eigenvalue weighted by Crippen LogP contribution is 2.18. The summed E-state index contributed by atoms with van der Waals surface area (Å²) in [7, 11) is 1.44. The van der Waals surface area contributed by atoms with Crippen molar-refractivity contribution in [1.82, 2.24) is 4.98 Å². The number of hydrogen-bond acceptors (Lipinski definition) is 3. The quantitative estimate of drug-likeness (QED) is 0.579. The second-order valence-electron chi connectivity index (χ2n) is 2.34. The largest absolute Gasteiger partial charge is 0.377 e. The van der Waals surface area contributed by atoms with Crippen molar-refractivity contribution in [3.05, 3.63) is 28.0 Å². The van der Waals surface area contributed by atoms with Crippen LogP contribution >= 0.6 is 23.2 Å². The molecule has 13 heavy (non-hydrogen) atoms. The van der Waals surface area contributed by atoms with Gasteiger partial charge in [0, 0.05) is 13.3 Å². The molecule has 5 heteroatoms. The molecule has 1 rings (SSSR count). The zero-order valence-electron chi connectivity index (χ0n) is 6.88. The van der Waals surface area contributed by atoms with E-state index in [0.717, 1.165) is 0 Å². The molecule has 0 aliphatic carbocycles. The van der Waals surface area contributed by atoms with Crippen LogP contribution < -0.4 is 0 Å². The molecule has 0 aliphatic rings. The van der Waals surface area contributed by atoms with Gasteiger partial charge in [0.15, 0.2) is 5.78 Å². The van der Waals surface area contributed by atoms with Gasteiger partial charge < -0.3 is 4.74 Å².